The fourth-order valence-corrected chi connectivity index (χ4v) is 3.13. The van der Waals surface area contributed by atoms with Crippen molar-refractivity contribution in [1.82, 2.24) is 9.88 Å². The van der Waals surface area contributed by atoms with E-state index >= 15 is 0 Å². The average Bonchev–Trinajstić information content (AvgIpc) is 3.05. The molecule has 0 atom stereocenters. The van der Waals surface area contributed by atoms with Gasteiger partial charge in [-0.25, -0.2) is 9.37 Å². The third kappa shape index (κ3) is 3.62. The molecule has 3 rings (SSSR count). The third-order valence-electron chi connectivity index (χ3n) is 5.04. The highest BCUT2D eigenvalue weighted by Crippen LogP contribution is 2.34. The molecule has 1 fully saturated rings. The minimum atomic E-state index is -0.259. The summed E-state index contributed by atoms with van der Waals surface area (Å²) in [4.78, 5) is 6.64. The van der Waals surface area contributed by atoms with Crippen molar-refractivity contribution in [2.24, 2.45) is 5.41 Å². The summed E-state index contributed by atoms with van der Waals surface area (Å²) in [7, 11) is 0. The number of oxazole rings is 1. The average molecular weight is 318 g/mol. The summed E-state index contributed by atoms with van der Waals surface area (Å²) in [6, 6.07) is 6.22. The van der Waals surface area contributed by atoms with Crippen molar-refractivity contribution < 1.29 is 13.9 Å². The number of benzene rings is 1. The smallest absolute Gasteiger partial charge is 0.209 e. The maximum atomic E-state index is 13.0. The second kappa shape index (κ2) is 6.81. The minimum absolute atomic E-state index is 0.0896. The summed E-state index contributed by atoms with van der Waals surface area (Å²) in [6.45, 7) is 4.98. The molecule has 1 aliphatic heterocycles. The number of hydrogen-bond donors (Lipinski definition) is 1. The van der Waals surface area contributed by atoms with Crippen LogP contribution >= 0.6 is 0 Å². The van der Waals surface area contributed by atoms with Crippen LogP contribution in [0.1, 0.15) is 32.1 Å². The molecule has 0 radical (unpaired) electrons. The van der Waals surface area contributed by atoms with E-state index in [0.717, 1.165) is 37.9 Å². The highest BCUT2D eigenvalue weighted by molar-refractivity contribution is 5.55. The molecule has 2 heterocycles. The fraction of sp³-hybridized carbons (Fsp3) is 0.500. The van der Waals surface area contributed by atoms with E-state index in [1.54, 1.807) is 18.3 Å². The van der Waals surface area contributed by atoms with E-state index in [2.05, 4.69) is 16.8 Å². The molecule has 23 heavy (non-hydrogen) atoms. The first-order chi connectivity index (χ1) is 11.1. The van der Waals surface area contributed by atoms with E-state index < -0.39 is 0 Å². The molecule has 0 unspecified atom stereocenters. The standard InChI is InChI=1S/C18H23FN2O2/c1-2-18(13-22)7-9-21(10-8-18)12-17-20-11-16(23-17)14-3-5-15(19)6-4-14/h3-6,11,22H,2,7-10,12-13H2,1H3. The van der Waals surface area contributed by atoms with Crippen molar-refractivity contribution in [3.8, 4) is 11.3 Å². The summed E-state index contributed by atoms with van der Waals surface area (Å²) < 4.78 is 18.8. The van der Waals surface area contributed by atoms with Gasteiger partial charge in [0.1, 0.15) is 5.82 Å². The van der Waals surface area contributed by atoms with Crippen LogP contribution in [-0.2, 0) is 6.54 Å². The summed E-state index contributed by atoms with van der Waals surface area (Å²) in [6.07, 6.45) is 4.72. The van der Waals surface area contributed by atoms with Crippen molar-refractivity contribution in [2.45, 2.75) is 32.7 Å². The third-order valence-corrected chi connectivity index (χ3v) is 5.04. The molecule has 0 spiro atoms. The Bertz CT molecular complexity index is 625. The van der Waals surface area contributed by atoms with Crippen LogP contribution in [0.2, 0.25) is 0 Å². The minimum Gasteiger partial charge on any atom is -0.439 e. The van der Waals surface area contributed by atoms with E-state index in [0.29, 0.717) is 18.2 Å². The molecule has 124 valence electrons. The van der Waals surface area contributed by atoms with Gasteiger partial charge in [-0.05, 0) is 62.0 Å². The van der Waals surface area contributed by atoms with E-state index in [-0.39, 0.29) is 17.8 Å². The van der Waals surface area contributed by atoms with Gasteiger partial charge in [-0.2, -0.15) is 0 Å². The largest absolute Gasteiger partial charge is 0.439 e. The number of piperidine rings is 1. The van der Waals surface area contributed by atoms with Crippen LogP contribution in [0.25, 0.3) is 11.3 Å². The fourth-order valence-electron chi connectivity index (χ4n) is 3.13. The zero-order chi connectivity index (χ0) is 16.3. The Kier molecular flexibility index (Phi) is 4.78. The van der Waals surface area contributed by atoms with Gasteiger partial charge in [-0.1, -0.05) is 6.92 Å². The molecule has 4 nitrogen and oxygen atoms in total. The number of halogens is 1. The molecule has 1 N–H and O–H groups in total. The summed E-state index contributed by atoms with van der Waals surface area (Å²) >= 11 is 0. The molecule has 1 aromatic heterocycles. The Morgan fingerprint density at radius 3 is 2.57 bits per heavy atom. The molecular weight excluding hydrogens is 295 g/mol. The lowest BCUT2D eigenvalue weighted by molar-refractivity contribution is 0.0355. The lowest BCUT2D eigenvalue weighted by Gasteiger charge is -2.39. The summed E-state index contributed by atoms with van der Waals surface area (Å²) in [5.74, 6) is 1.08. The molecule has 0 amide bonds. The Morgan fingerprint density at radius 1 is 1.26 bits per heavy atom. The normalized spacial score (nSPS) is 18.2. The molecule has 0 aliphatic carbocycles. The second-order valence-electron chi connectivity index (χ2n) is 6.41. The SMILES string of the molecule is CCC1(CO)CCN(Cc2ncc(-c3ccc(F)cc3)o2)CC1. The number of aliphatic hydroxyl groups excluding tert-OH is 1. The number of aliphatic hydroxyl groups is 1. The highest BCUT2D eigenvalue weighted by atomic mass is 19.1. The van der Waals surface area contributed by atoms with Crippen LogP contribution in [-0.4, -0.2) is 34.7 Å². The maximum Gasteiger partial charge on any atom is 0.209 e. The maximum absolute atomic E-state index is 13.0. The molecule has 1 saturated heterocycles. The molecule has 5 heteroatoms. The zero-order valence-corrected chi connectivity index (χ0v) is 13.5. The molecule has 2 aromatic rings. The van der Waals surface area contributed by atoms with Gasteiger partial charge < -0.3 is 9.52 Å². The number of likely N-dealkylation sites (tertiary alicyclic amines) is 1. The van der Waals surface area contributed by atoms with E-state index in [1.807, 2.05) is 0 Å². The van der Waals surface area contributed by atoms with E-state index in [4.69, 9.17) is 4.42 Å². The van der Waals surface area contributed by atoms with Crippen molar-refractivity contribution in [1.29, 1.82) is 0 Å². The number of aromatic nitrogens is 1. The number of hydrogen-bond acceptors (Lipinski definition) is 4. The highest BCUT2D eigenvalue weighted by Gasteiger charge is 2.32. The van der Waals surface area contributed by atoms with Crippen LogP contribution < -0.4 is 0 Å². The van der Waals surface area contributed by atoms with Gasteiger partial charge in [0.15, 0.2) is 5.76 Å². The van der Waals surface area contributed by atoms with Gasteiger partial charge >= 0.3 is 0 Å². The Balaban J connectivity index is 1.61. The van der Waals surface area contributed by atoms with Crippen molar-refractivity contribution in [3.05, 3.63) is 42.2 Å². The predicted molar refractivity (Wildman–Crippen MR) is 86.2 cm³/mol. The molecule has 1 aromatic carbocycles. The lowest BCUT2D eigenvalue weighted by Crippen LogP contribution is -2.41. The van der Waals surface area contributed by atoms with Crippen molar-refractivity contribution in [2.75, 3.05) is 19.7 Å². The summed E-state index contributed by atoms with van der Waals surface area (Å²) in [5.41, 5.74) is 0.917. The second-order valence-corrected chi connectivity index (χ2v) is 6.41. The van der Waals surface area contributed by atoms with Crippen molar-refractivity contribution >= 4 is 0 Å². The topological polar surface area (TPSA) is 49.5 Å². The van der Waals surface area contributed by atoms with Crippen LogP contribution in [0.4, 0.5) is 4.39 Å². The van der Waals surface area contributed by atoms with Crippen LogP contribution in [0.3, 0.4) is 0 Å². The molecule has 1 aliphatic rings. The van der Waals surface area contributed by atoms with Gasteiger partial charge in [-0.3, -0.25) is 4.90 Å². The van der Waals surface area contributed by atoms with Gasteiger partial charge in [0.05, 0.1) is 12.7 Å². The van der Waals surface area contributed by atoms with Crippen molar-refractivity contribution in [3.63, 3.8) is 0 Å². The first-order valence-corrected chi connectivity index (χ1v) is 8.18. The van der Waals surface area contributed by atoms with Gasteiger partial charge in [-0.15, -0.1) is 0 Å². The van der Waals surface area contributed by atoms with Crippen LogP contribution in [0.15, 0.2) is 34.9 Å². The van der Waals surface area contributed by atoms with Gasteiger partial charge in [0, 0.05) is 12.2 Å². The van der Waals surface area contributed by atoms with Crippen LogP contribution in [0.5, 0.6) is 0 Å². The first-order valence-electron chi connectivity index (χ1n) is 8.18. The predicted octanol–water partition coefficient (Wildman–Crippen LogP) is 3.47. The molecule has 0 saturated carbocycles. The quantitative estimate of drug-likeness (QED) is 0.917. The zero-order valence-electron chi connectivity index (χ0n) is 13.5. The number of rotatable bonds is 5. The monoisotopic (exact) mass is 318 g/mol. The molecular formula is C18H23FN2O2. The van der Waals surface area contributed by atoms with Gasteiger partial charge in [0.2, 0.25) is 5.89 Å². The Morgan fingerprint density at radius 2 is 1.96 bits per heavy atom. The lowest BCUT2D eigenvalue weighted by atomic mass is 9.77. The Hall–Kier alpha value is -1.72. The van der Waals surface area contributed by atoms with Crippen LogP contribution in [0, 0.1) is 11.2 Å². The first kappa shape index (κ1) is 16.1. The van der Waals surface area contributed by atoms with E-state index in [1.165, 1.54) is 12.1 Å². The van der Waals surface area contributed by atoms with E-state index in [9.17, 15) is 9.50 Å². The number of nitrogens with zero attached hydrogens (tertiary/aromatic N) is 2. The summed E-state index contributed by atoms with van der Waals surface area (Å²) in [5, 5.41) is 9.59. The molecule has 0 bridgehead atoms. The Labute approximate surface area is 136 Å². The van der Waals surface area contributed by atoms with Gasteiger partial charge in [0.25, 0.3) is 0 Å².